The zero-order chi connectivity index (χ0) is 11.0. The monoisotopic (exact) mass is 214 g/mol. The predicted octanol–water partition coefficient (Wildman–Crippen LogP) is 2.01. The topological polar surface area (TPSA) is 24.8 Å². The summed E-state index contributed by atoms with van der Waals surface area (Å²) in [7, 11) is 2.09. The van der Waals surface area contributed by atoms with Gasteiger partial charge in [0.2, 0.25) is 0 Å². The van der Waals surface area contributed by atoms with Crippen molar-refractivity contribution in [1.29, 1.82) is 0 Å². The third-order valence-corrected chi connectivity index (χ3v) is 2.98. The maximum Gasteiger partial charge on any atom is 0.161 e. The van der Waals surface area contributed by atoms with E-state index < -0.39 is 0 Å². The van der Waals surface area contributed by atoms with Crippen LogP contribution < -0.4 is 0 Å². The first kappa shape index (κ1) is 9.46. The molecule has 0 fully saturated rings. The van der Waals surface area contributed by atoms with E-state index in [0.717, 1.165) is 30.1 Å². The van der Waals surface area contributed by atoms with E-state index in [1.165, 1.54) is 0 Å². The molecular formula is C13H14N2O. The summed E-state index contributed by atoms with van der Waals surface area (Å²) in [6, 6.07) is 0. The Labute approximate surface area is 95.1 Å². The lowest BCUT2D eigenvalue weighted by Gasteiger charge is -2.18. The number of nitrogens with zero attached hydrogens (tertiary/aromatic N) is 2. The molecule has 1 unspecified atom stereocenters. The smallest absolute Gasteiger partial charge is 0.161 e. The van der Waals surface area contributed by atoms with Gasteiger partial charge in [0, 0.05) is 19.8 Å². The Kier molecular flexibility index (Phi) is 2.17. The normalized spacial score (nSPS) is 26.9. The molecule has 0 N–H and O–H groups in total. The molecule has 0 aliphatic carbocycles. The highest BCUT2D eigenvalue weighted by Crippen LogP contribution is 2.29. The van der Waals surface area contributed by atoms with E-state index in [1.54, 1.807) is 0 Å². The van der Waals surface area contributed by atoms with E-state index in [9.17, 15) is 0 Å². The molecule has 3 rings (SSSR count). The lowest BCUT2D eigenvalue weighted by Crippen LogP contribution is -2.26. The molecule has 0 saturated carbocycles. The van der Waals surface area contributed by atoms with Gasteiger partial charge in [0.25, 0.3) is 0 Å². The molecule has 3 aliphatic rings. The summed E-state index contributed by atoms with van der Waals surface area (Å²) >= 11 is 0. The fraction of sp³-hybridized carbons (Fsp3) is 0.308. The lowest BCUT2D eigenvalue weighted by molar-refractivity contribution is 0.229. The summed E-state index contributed by atoms with van der Waals surface area (Å²) in [6.45, 7) is 1.01. The Morgan fingerprint density at radius 3 is 3.31 bits per heavy atom. The van der Waals surface area contributed by atoms with Crippen molar-refractivity contribution < 1.29 is 4.74 Å². The summed E-state index contributed by atoms with van der Waals surface area (Å²) in [4.78, 5) is 6.70. The molecule has 3 aliphatic heterocycles. The Bertz CT molecular complexity index is 455. The highest BCUT2D eigenvalue weighted by atomic mass is 16.5. The minimum Gasteiger partial charge on any atom is -0.478 e. The third-order valence-electron chi connectivity index (χ3n) is 2.98. The second kappa shape index (κ2) is 3.67. The van der Waals surface area contributed by atoms with E-state index in [2.05, 4.69) is 29.1 Å². The first-order chi connectivity index (χ1) is 7.86. The maximum absolute atomic E-state index is 5.89. The standard InChI is InChI=1S/C13H14N2O/c1-15-9-5-3-7-11-13(15)12-10(16-11)6-2-4-8-14-12/h2-4,6-8,10H,5,9H2,1H3. The van der Waals surface area contributed by atoms with Crippen molar-refractivity contribution in [3.05, 3.63) is 48.0 Å². The van der Waals surface area contributed by atoms with Crippen molar-refractivity contribution in [3.63, 3.8) is 0 Å². The second-order valence-corrected chi connectivity index (χ2v) is 4.10. The molecule has 0 spiro atoms. The Morgan fingerprint density at radius 2 is 2.38 bits per heavy atom. The van der Waals surface area contributed by atoms with Gasteiger partial charge in [-0.1, -0.05) is 12.2 Å². The van der Waals surface area contributed by atoms with Crippen LogP contribution in [0.4, 0.5) is 0 Å². The average molecular weight is 214 g/mol. The van der Waals surface area contributed by atoms with Crippen molar-refractivity contribution in [1.82, 2.24) is 4.90 Å². The highest BCUT2D eigenvalue weighted by molar-refractivity contribution is 6.07. The summed E-state index contributed by atoms with van der Waals surface area (Å²) in [5.74, 6) is 0.948. The summed E-state index contributed by atoms with van der Waals surface area (Å²) in [5, 5.41) is 0. The molecule has 0 radical (unpaired) electrons. The molecular weight excluding hydrogens is 200 g/mol. The number of aliphatic imine (C=N–C) groups is 1. The van der Waals surface area contributed by atoms with Gasteiger partial charge in [-0.2, -0.15) is 0 Å². The van der Waals surface area contributed by atoms with Crippen LogP contribution in [0.25, 0.3) is 0 Å². The fourth-order valence-electron chi connectivity index (χ4n) is 2.18. The molecule has 16 heavy (non-hydrogen) atoms. The minimum absolute atomic E-state index is 0.0230. The van der Waals surface area contributed by atoms with Crippen molar-refractivity contribution >= 4 is 5.71 Å². The molecule has 1 atom stereocenters. The summed E-state index contributed by atoms with van der Waals surface area (Å²) in [5.41, 5.74) is 2.16. The number of hydrogen-bond donors (Lipinski definition) is 0. The van der Waals surface area contributed by atoms with Gasteiger partial charge in [-0.25, -0.2) is 0 Å². The zero-order valence-corrected chi connectivity index (χ0v) is 9.26. The second-order valence-electron chi connectivity index (χ2n) is 4.10. The van der Waals surface area contributed by atoms with Gasteiger partial charge in [-0.15, -0.1) is 0 Å². The number of rotatable bonds is 0. The molecule has 82 valence electrons. The van der Waals surface area contributed by atoms with Crippen molar-refractivity contribution in [2.45, 2.75) is 12.5 Å². The summed E-state index contributed by atoms with van der Waals surface area (Å²) < 4.78 is 5.89. The molecule has 0 bridgehead atoms. The van der Waals surface area contributed by atoms with Gasteiger partial charge in [0.05, 0.1) is 0 Å². The van der Waals surface area contributed by atoms with Crippen LogP contribution in [0, 0.1) is 0 Å². The van der Waals surface area contributed by atoms with Crippen LogP contribution >= 0.6 is 0 Å². The van der Waals surface area contributed by atoms with Crippen molar-refractivity contribution in [3.8, 4) is 0 Å². The fourth-order valence-corrected chi connectivity index (χ4v) is 2.18. The Hall–Kier alpha value is -1.77. The predicted molar refractivity (Wildman–Crippen MR) is 64.0 cm³/mol. The largest absolute Gasteiger partial charge is 0.478 e. The maximum atomic E-state index is 5.89. The first-order valence-electron chi connectivity index (χ1n) is 5.56. The molecule has 0 amide bonds. The number of ether oxygens (including phenoxy) is 1. The van der Waals surface area contributed by atoms with Crippen LogP contribution in [0.15, 0.2) is 53.0 Å². The van der Waals surface area contributed by atoms with Gasteiger partial charge in [-0.3, -0.25) is 4.99 Å². The van der Waals surface area contributed by atoms with Crippen LogP contribution in [0.2, 0.25) is 0 Å². The third kappa shape index (κ3) is 1.40. The van der Waals surface area contributed by atoms with Gasteiger partial charge in [-0.05, 0) is 24.6 Å². The van der Waals surface area contributed by atoms with Gasteiger partial charge in [0.1, 0.15) is 17.2 Å². The van der Waals surface area contributed by atoms with Gasteiger partial charge >= 0.3 is 0 Å². The number of hydrogen-bond acceptors (Lipinski definition) is 3. The Morgan fingerprint density at radius 1 is 1.44 bits per heavy atom. The van der Waals surface area contributed by atoms with Crippen molar-refractivity contribution in [2.24, 2.45) is 4.99 Å². The quantitative estimate of drug-likeness (QED) is 0.616. The number of allylic oxidation sites excluding steroid dienone is 3. The van der Waals surface area contributed by atoms with Crippen LogP contribution in [-0.2, 0) is 4.74 Å². The minimum atomic E-state index is -0.0230. The van der Waals surface area contributed by atoms with E-state index in [-0.39, 0.29) is 6.10 Å². The average Bonchev–Trinajstić information content (AvgIpc) is 2.45. The zero-order valence-electron chi connectivity index (χ0n) is 9.26. The number of fused-ring (bicyclic) bond motifs is 2. The van der Waals surface area contributed by atoms with E-state index in [1.807, 2.05) is 24.4 Å². The molecule has 0 aromatic carbocycles. The summed E-state index contributed by atoms with van der Waals surface area (Å²) in [6.07, 6.45) is 13.0. The molecule has 0 saturated heterocycles. The lowest BCUT2D eigenvalue weighted by atomic mass is 10.1. The molecule has 3 heteroatoms. The first-order valence-corrected chi connectivity index (χ1v) is 5.56. The highest BCUT2D eigenvalue weighted by Gasteiger charge is 2.33. The molecule has 3 heterocycles. The van der Waals surface area contributed by atoms with E-state index in [0.29, 0.717) is 0 Å². The molecule has 0 aromatic rings. The van der Waals surface area contributed by atoms with Crippen LogP contribution in [0.5, 0.6) is 0 Å². The van der Waals surface area contributed by atoms with Crippen LogP contribution in [0.1, 0.15) is 6.42 Å². The SMILES string of the molecule is CN1CCC=CC2=C1C1=NC=CC=CC1O2. The van der Waals surface area contributed by atoms with E-state index in [4.69, 9.17) is 4.74 Å². The van der Waals surface area contributed by atoms with Crippen LogP contribution in [0.3, 0.4) is 0 Å². The molecule has 0 aromatic heterocycles. The van der Waals surface area contributed by atoms with Crippen molar-refractivity contribution in [2.75, 3.05) is 13.6 Å². The Balaban J connectivity index is 2.07. The van der Waals surface area contributed by atoms with E-state index >= 15 is 0 Å². The molecule has 3 nitrogen and oxygen atoms in total. The van der Waals surface area contributed by atoms with Gasteiger partial charge in [0.15, 0.2) is 6.10 Å². The van der Waals surface area contributed by atoms with Crippen LogP contribution in [-0.4, -0.2) is 30.3 Å². The van der Waals surface area contributed by atoms with Gasteiger partial charge < -0.3 is 9.64 Å².